The molecular weight excluding hydrogens is 266 g/mol. The minimum Gasteiger partial charge on any atom is -0.497 e. The molecule has 0 unspecified atom stereocenters. The first-order valence-corrected chi connectivity index (χ1v) is 6.45. The second-order valence-corrected chi connectivity index (χ2v) is 4.64. The highest BCUT2D eigenvalue weighted by Crippen LogP contribution is 2.29. The number of aromatic nitrogens is 1. The van der Waals surface area contributed by atoms with Gasteiger partial charge in [0.1, 0.15) is 23.4 Å². The van der Waals surface area contributed by atoms with E-state index in [9.17, 15) is 5.26 Å². The van der Waals surface area contributed by atoms with Crippen molar-refractivity contribution in [1.29, 1.82) is 5.26 Å². The number of nitriles is 1. The van der Waals surface area contributed by atoms with Crippen LogP contribution in [0.25, 0.3) is 0 Å². The van der Waals surface area contributed by atoms with E-state index < -0.39 is 0 Å². The fourth-order valence-electron chi connectivity index (χ4n) is 2.08. The molecule has 1 aromatic carbocycles. The Hall–Kier alpha value is -2.74. The summed E-state index contributed by atoms with van der Waals surface area (Å²) in [5.74, 6) is 1.87. The fourth-order valence-corrected chi connectivity index (χ4v) is 2.08. The molecule has 0 amide bonds. The van der Waals surface area contributed by atoms with Crippen LogP contribution in [0.4, 0.5) is 11.5 Å². The van der Waals surface area contributed by atoms with Crippen LogP contribution in [0.5, 0.6) is 11.5 Å². The van der Waals surface area contributed by atoms with Crippen LogP contribution in [0.3, 0.4) is 0 Å². The van der Waals surface area contributed by atoms with Gasteiger partial charge in [0.05, 0.1) is 19.8 Å². The van der Waals surface area contributed by atoms with Crippen molar-refractivity contribution >= 4 is 11.5 Å². The molecule has 0 radical (unpaired) electrons. The first-order valence-electron chi connectivity index (χ1n) is 6.45. The number of nitrogens with zero attached hydrogens (tertiary/aromatic N) is 2. The van der Waals surface area contributed by atoms with Gasteiger partial charge in [-0.05, 0) is 25.5 Å². The average Bonchev–Trinajstić information content (AvgIpc) is 2.46. The topological polar surface area (TPSA) is 67.2 Å². The van der Waals surface area contributed by atoms with Crippen molar-refractivity contribution in [3.63, 3.8) is 0 Å². The molecule has 0 atom stereocenters. The van der Waals surface area contributed by atoms with E-state index in [1.165, 1.54) is 0 Å². The number of methoxy groups -OCH3 is 2. The van der Waals surface area contributed by atoms with Crippen molar-refractivity contribution in [2.24, 2.45) is 0 Å². The maximum atomic E-state index is 9.29. The highest BCUT2D eigenvalue weighted by molar-refractivity contribution is 5.67. The standard InChI is InChI=1S/C16H17N3O2/c1-10-5-11(2)18-16(15(10)9-17)19-12-6-13(20-3)8-14(7-12)21-4/h5-8H,1-4H3,(H,18,19). The lowest BCUT2D eigenvalue weighted by molar-refractivity contribution is 0.395. The van der Waals surface area contributed by atoms with E-state index >= 15 is 0 Å². The van der Waals surface area contributed by atoms with Crippen LogP contribution in [-0.2, 0) is 0 Å². The molecule has 0 spiro atoms. The quantitative estimate of drug-likeness (QED) is 0.932. The predicted octanol–water partition coefficient (Wildman–Crippen LogP) is 3.33. The molecule has 0 aliphatic heterocycles. The Morgan fingerprint density at radius 1 is 1.05 bits per heavy atom. The van der Waals surface area contributed by atoms with Gasteiger partial charge in [0.25, 0.3) is 0 Å². The third-order valence-electron chi connectivity index (χ3n) is 3.07. The van der Waals surface area contributed by atoms with Crippen molar-refractivity contribution in [2.75, 3.05) is 19.5 Å². The summed E-state index contributed by atoms with van der Waals surface area (Å²) in [7, 11) is 3.18. The van der Waals surface area contributed by atoms with E-state index in [0.29, 0.717) is 22.9 Å². The first kappa shape index (κ1) is 14.7. The largest absolute Gasteiger partial charge is 0.497 e. The third-order valence-corrected chi connectivity index (χ3v) is 3.07. The Bertz CT molecular complexity index is 683. The molecule has 0 saturated heterocycles. The van der Waals surface area contributed by atoms with Gasteiger partial charge in [-0.1, -0.05) is 0 Å². The molecule has 21 heavy (non-hydrogen) atoms. The van der Waals surface area contributed by atoms with Crippen molar-refractivity contribution < 1.29 is 9.47 Å². The number of hydrogen-bond donors (Lipinski definition) is 1. The number of benzene rings is 1. The maximum Gasteiger partial charge on any atom is 0.148 e. The lowest BCUT2D eigenvalue weighted by Gasteiger charge is -2.12. The third kappa shape index (κ3) is 3.23. The zero-order valence-electron chi connectivity index (χ0n) is 12.5. The summed E-state index contributed by atoms with van der Waals surface area (Å²) in [6.45, 7) is 3.79. The van der Waals surface area contributed by atoms with Crippen LogP contribution in [0.1, 0.15) is 16.8 Å². The number of pyridine rings is 1. The molecule has 1 aromatic heterocycles. The Morgan fingerprint density at radius 2 is 1.67 bits per heavy atom. The smallest absolute Gasteiger partial charge is 0.148 e. The van der Waals surface area contributed by atoms with Crippen LogP contribution in [0.2, 0.25) is 0 Å². The minimum atomic E-state index is 0.530. The monoisotopic (exact) mass is 283 g/mol. The molecule has 1 heterocycles. The molecule has 2 aromatic rings. The molecule has 0 fully saturated rings. The van der Waals surface area contributed by atoms with Gasteiger partial charge in [0.15, 0.2) is 0 Å². The number of aryl methyl sites for hydroxylation is 2. The summed E-state index contributed by atoms with van der Waals surface area (Å²) >= 11 is 0. The minimum absolute atomic E-state index is 0.530. The molecular formula is C16H17N3O2. The Morgan fingerprint density at radius 3 is 2.19 bits per heavy atom. The second-order valence-electron chi connectivity index (χ2n) is 4.64. The first-order chi connectivity index (χ1) is 10.1. The number of nitrogens with one attached hydrogen (secondary N) is 1. The van der Waals surface area contributed by atoms with Crippen LogP contribution in [0.15, 0.2) is 24.3 Å². The molecule has 0 aliphatic carbocycles. The van der Waals surface area contributed by atoms with Crippen molar-refractivity contribution in [3.8, 4) is 17.6 Å². The van der Waals surface area contributed by atoms with E-state index in [0.717, 1.165) is 16.9 Å². The highest BCUT2D eigenvalue weighted by atomic mass is 16.5. The zero-order valence-corrected chi connectivity index (χ0v) is 12.5. The predicted molar refractivity (Wildman–Crippen MR) is 81.3 cm³/mol. The van der Waals surface area contributed by atoms with E-state index in [4.69, 9.17) is 9.47 Å². The van der Waals surface area contributed by atoms with Gasteiger partial charge < -0.3 is 14.8 Å². The number of hydrogen-bond acceptors (Lipinski definition) is 5. The van der Waals surface area contributed by atoms with Crippen LogP contribution < -0.4 is 14.8 Å². The maximum absolute atomic E-state index is 9.29. The zero-order chi connectivity index (χ0) is 15.4. The average molecular weight is 283 g/mol. The molecule has 1 N–H and O–H groups in total. The summed E-state index contributed by atoms with van der Waals surface area (Å²) in [5, 5.41) is 12.5. The Labute approximate surface area is 124 Å². The van der Waals surface area contributed by atoms with Gasteiger partial charge >= 0.3 is 0 Å². The Balaban J connectivity index is 2.45. The normalized spacial score (nSPS) is 9.86. The highest BCUT2D eigenvalue weighted by Gasteiger charge is 2.10. The summed E-state index contributed by atoms with van der Waals surface area (Å²) < 4.78 is 10.5. The molecule has 5 heteroatoms. The second kappa shape index (κ2) is 6.14. The SMILES string of the molecule is COc1cc(Nc2nc(C)cc(C)c2C#N)cc(OC)c1. The molecule has 108 valence electrons. The summed E-state index contributed by atoms with van der Waals surface area (Å²) in [4.78, 5) is 4.40. The van der Waals surface area contributed by atoms with Gasteiger partial charge in [-0.25, -0.2) is 4.98 Å². The van der Waals surface area contributed by atoms with Gasteiger partial charge in [0, 0.05) is 29.6 Å². The summed E-state index contributed by atoms with van der Waals surface area (Å²) in [6.07, 6.45) is 0. The van der Waals surface area contributed by atoms with E-state index in [1.807, 2.05) is 32.0 Å². The lowest BCUT2D eigenvalue weighted by atomic mass is 10.1. The Kier molecular flexibility index (Phi) is 4.29. The van der Waals surface area contributed by atoms with Gasteiger partial charge in [-0.2, -0.15) is 5.26 Å². The summed E-state index contributed by atoms with van der Waals surface area (Å²) in [5.41, 5.74) is 3.02. The van der Waals surface area contributed by atoms with E-state index in [1.54, 1.807) is 20.3 Å². The van der Waals surface area contributed by atoms with Gasteiger partial charge in [-0.3, -0.25) is 0 Å². The van der Waals surface area contributed by atoms with Crippen LogP contribution in [0, 0.1) is 25.2 Å². The van der Waals surface area contributed by atoms with Crippen LogP contribution in [-0.4, -0.2) is 19.2 Å². The van der Waals surface area contributed by atoms with Crippen molar-refractivity contribution in [3.05, 3.63) is 41.1 Å². The molecule has 0 aliphatic rings. The van der Waals surface area contributed by atoms with Crippen molar-refractivity contribution in [2.45, 2.75) is 13.8 Å². The molecule has 0 bridgehead atoms. The summed E-state index contributed by atoms with van der Waals surface area (Å²) in [6, 6.07) is 9.49. The van der Waals surface area contributed by atoms with Gasteiger partial charge in [0.2, 0.25) is 0 Å². The van der Waals surface area contributed by atoms with E-state index in [2.05, 4.69) is 16.4 Å². The number of rotatable bonds is 4. The van der Waals surface area contributed by atoms with E-state index in [-0.39, 0.29) is 0 Å². The number of anilines is 2. The van der Waals surface area contributed by atoms with Crippen molar-refractivity contribution in [1.82, 2.24) is 4.98 Å². The molecule has 0 saturated carbocycles. The molecule has 5 nitrogen and oxygen atoms in total. The van der Waals surface area contributed by atoms with Gasteiger partial charge in [-0.15, -0.1) is 0 Å². The fraction of sp³-hybridized carbons (Fsp3) is 0.250. The molecule has 2 rings (SSSR count). The number of ether oxygens (including phenoxy) is 2. The lowest BCUT2D eigenvalue weighted by Crippen LogP contribution is -2.01. The van der Waals surface area contributed by atoms with Crippen LogP contribution >= 0.6 is 0 Å².